The second-order valence-corrected chi connectivity index (χ2v) is 8.33. The van der Waals surface area contributed by atoms with Gasteiger partial charge in [-0.25, -0.2) is 0 Å². The van der Waals surface area contributed by atoms with Crippen LogP contribution < -0.4 is 0 Å². The summed E-state index contributed by atoms with van der Waals surface area (Å²) in [5, 5.41) is 0. The molecular formula is C24H30N2O2. The molecule has 0 aromatic heterocycles. The minimum atomic E-state index is -0.233. The number of rotatable bonds is 4. The normalized spacial score (nSPS) is 22.6. The number of carbonyl (C=O) groups is 1. The first kappa shape index (κ1) is 19.2. The molecule has 1 atom stereocenters. The van der Waals surface area contributed by atoms with Gasteiger partial charge in [0.25, 0.3) is 0 Å². The second-order valence-electron chi connectivity index (χ2n) is 8.33. The number of methoxy groups -OCH3 is 1. The van der Waals surface area contributed by atoms with E-state index in [4.69, 9.17) is 4.74 Å². The highest BCUT2D eigenvalue weighted by Crippen LogP contribution is 2.41. The fraction of sp³-hybridized carbons (Fsp3) is 0.458. The van der Waals surface area contributed by atoms with E-state index < -0.39 is 0 Å². The Hall–Kier alpha value is -2.17. The minimum Gasteiger partial charge on any atom is -0.380 e. The lowest BCUT2D eigenvalue weighted by Gasteiger charge is -2.47. The number of benzene rings is 2. The van der Waals surface area contributed by atoms with Gasteiger partial charge in [-0.05, 0) is 49.0 Å². The monoisotopic (exact) mass is 378 g/mol. The molecule has 0 radical (unpaired) electrons. The van der Waals surface area contributed by atoms with Gasteiger partial charge in [0.2, 0.25) is 5.91 Å². The van der Waals surface area contributed by atoms with Crippen molar-refractivity contribution in [1.29, 1.82) is 0 Å². The van der Waals surface area contributed by atoms with Gasteiger partial charge in [-0.3, -0.25) is 9.69 Å². The first-order valence-corrected chi connectivity index (χ1v) is 10.3. The van der Waals surface area contributed by atoms with Crippen molar-refractivity contribution in [2.75, 3.05) is 33.8 Å². The molecule has 2 heterocycles. The van der Waals surface area contributed by atoms with Gasteiger partial charge in [0.1, 0.15) is 0 Å². The van der Waals surface area contributed by atoms with Gasteiger partial charge in [0.15, 0.2) is 0 Å². The summed E-state index contributed by atoms with van der Waals surface area (Å²) < 4.78 is 5.62. The molecule has 2 fully saturated rings. The lowest BCUT2D eigenvalue weighted by molar-refractivity contribution is -0.156. The van der Waals surface area contributed by atoms with Gasteiger partial charge in [0, 0.05) is 27.2 Å². The molecule has 1 spiro atoms. The Balaban J connectivity index is 1.46. The zero-order valence-corrected chi connectivity index (χ0v) is 16.9. The molecule has 1 amide bonds. The highest BCUT2D eigenvalue weighted by atomic mass is 16.5. The number of ether oxygens (including phenoxy) is 1. The summed E-state index contributed by atoms with van der Waals surface area (Å²) in [5.41, 5.74) is 3.68. The van der Waals surface area contributed by atoms with Crippen molar-refractivity contribution in [2.45, 2.75) is 31.9 Å². The van der Waals surface area contributed by atoms with E-state index in [0.717, 1.165) is 38.9 Å². The van der Waals surface area contributed by atoms with Crippen LogP contribution in [-0.4, -0.2) is 55.6 Å². The first-order chi connectivity index (χ1) is 13.6. The maximum atomic E-state index is 12.9. The number of likely N-dealkylation sites (tertiary alicyclic amines) is 2. The fourth-order valence-corrected chi connectivity index (χ4v) is 4.89. The van der Waals surface area contributed by atoms with Crippen LogP contribution in [0, 0.1) is 5.41 Å². The average molecular weight is 379 g/mol. The van der Waals surface area contributed by atoms with Crippen molar-refractivity contribution in [3.63, 3.8) is 0 Å². The molecule has 4 rings (SSSR count). The highest BCUT2D eigenvalue weighted by molar-refractivity contribution is 5.83. The number of amides is 1. The van der Waals surface area contributed by atoms with E-state index in [9.17, 15) is 4.79 Å². The molecule has 2 aliphatic rings. The van der Waals surface area contributed by atoms with Crippen molar-refractivity contribution in [3.05, 3.63) is 60.2 Å². The number of hydrogen-bond donors (Lipinski definition) is 0. The quantitative estimate of drug-likeness (QED) is 0.811. The Kier molecular flexibility index (Phi) is 5.51. The van der Waals surface area contributed by atoms with Crippen molar-refractivity contribution >= 4 is 5.91 Å². The Morgan fingerprint density at radius 1 is 1.04 bits per heavy atom. The summed E-state index contributed by atoms with van der Waals surface area (Å²) in [6, 6.07) is 19.3. The van der Waals surface area contributed by atoms with Crippen LogP contribution in [0.1, 0.15) is 24.8 Å². The summed E-state index contributed by atoms with van der Waals surface area (Å²) in [6.07, 6.45) is 2.86. The standard InChI is InChI=1S/C24H30N2O2/c1-25-18-21(28-2)16-24(23(25)27)12-14-26(15-13-24)17-20-10-6-7-11-22(20)19-8-4-3-5-9-19/h3-11,21H,12-18H2,1-2H3. The van der Waals surface area contributed by atoms with Gasteiger partial charge < -0.3 is 9.64 Å². The molecule has 4 nitrogen and oxygen atoms in total. The smallest absolute Gasteiger partial charge is 0.228 e. The molecule has 2 aromatic rings. The molecule has 0 bridgehead atoms. The predicted molar refractivity (Wildman–Crippen MR) is 112 cm³/mol. The van der Waals surface area contributed by atoms with Gasteiger partial charge in [-0.2, -0.15) is 0 Å². The lowest BCUT2D eigenvalue weighted by Crippen LogP contribution is -2.56. The Labute approximate surface area is 168 Å². The summed E-state index contributed by atoms with van der Waals surface area (Å²) in [6.45, 7) is 3.56. The topological polar surface area (TPSA) is 32.8 Å². The van der Waals surface area contributed by atoms with E-state index >= 15 is 0 Å². The predicted octanol–water partition coefficient (Wildman–Crippen LogP) is 3.81. The van der Waals surface area contributed by atoms with Crippen LogP contribution >= 0.6 is 0 Å². The molecule has 148 valence electrons. The van der Waals surface area contributed by atoms with Crippen molar-refractivity contribution in [1.82, 2.24) is 9.80 Å². The van der Waals surface area contributed by atoms with Crippen molar-refractivity contribution < 1.29 is 9.53 Å². The van der Waals surface area contributed by atoms with Gasteiger partial charge in [-0.1, -0.05) is 54.6 Å². The molecule has 2 aliphatic heterocycles. The van der Waals surface area contributed by atoms with Gasteiger partial charge in [0.05, 0.1) is 11.5 Å². The van der Waals surface area contributed by atoms with Crippen molar-refractivity contribution in [3.8, 4) is 11.1 Å². The van der Waals surface area contributed by atoms with E-state index in [-0.39, 0.29) is 11.5 Å². The number of nitrogens with zero attached hydrogens (tertiary/aromatic N) is 2. The molecule has 2 saturated heterocycles. The minimum absolute atomic E-state index is 0.160. The molecule has 1 unspecified atom stereocenters. The molecule has 0 saturated carbocycles. The summed E-state index contributed by atoms with van der Waals surface area (Å²) >= 11 is 0. The van der Waals surface area contributed by atoms with E-state index in [1.54, 1.807) is 7.11 Å². The van der Waals surface area contributed by atoms with Crippen LogP contribution in [0.3, 0.4) is 0 Å². The van der Waals surface area contributed by atoms with Crippen LogP contribution in [0.5, 0.6) is 0 Å². The third-order valence-electron chi connectivity index (χ3n) is 6.54. The van der Waals surface area contributed by atoms with Gasteiger partial charge in [-0.15, -0.1) is 0 Å². The second kappa shape index (κ2) is 8.06. The third kappa shape index (κ3) is 3.71. The van der Waals surface area contributed by atoms with E-state index in [1.165, 1.54) is 16.7 Å². The van der Waals surface area contributed by atoms with E-state index in [1.807, 2.05) is 11.9 Å². The molecule has 0 N–H and O–H groups in total. The summed E-state index contributed by atoms with van der Waals surface area (Å²) in [4.78, 5) is 17.3. The molecule has 28 heavy (non-hydrogen) atoms. The van der Waals surface area contributed by atoms with Crippen molar-refractivity contribution in [2.24, 2.45) is 5.41 Å². The Bertz CT molecular complexity index is 812. The molecule has 0 aliphatic carbocycles. The summed E-state index contributed by atoms with van der Waals surface area (Å²) in [7, 11) is 3.68. The van der Waals surface area contributed by atoms with Crippen LogP contribution in [0.4, 0.5) is 0 Å². The summed E-state index contributed by atoms with van der Waals surface area (Å²) in [5.74, 6) is 0.310. The number of likely N-dealkylation sites (N-methyl/N-ethyl adjacent to an activating group) is 1. The number of piperidine rings is 2. The Morgan fingerprint density at radius 3 is 2.43 bits per heavy atom. The van der Waals surface area contributed by atoms with Crippen LogP contribution in [0.15, 0.2) is 54.6 Å². The maximum absolute atomic E-state index is 12.9. The largest absolute Gasteiger partial charge is 0.380 e. The molecule has 4 heteroatoms. The van der Waals surface area contributed by atoms with Crippen LogP contribution in [-0.2, 0) is 16.1 Å². The third-order valence-corrected chi connectivity index (χ3v) is 6.54. The van der Waals surface area contributed by atoms with E-state index in [0.29, 0.717) is 12.5 Å². The zero-order valence-electron chi connectivity index (χ0n) is 16.9. The van der Waals surface area contributed by atoms with Gasteiger partial charge >= 0.3 is 0 Å². The van der Waals surface area contributed by atoms with Crippen LogP contribution in [0.25, 0.3) is 11.1 Å². The highest BCUT2D eigenvalue weighted by Gasteiger charge is 2.47. The molecular weight excluding hydrogens is 348 g/mol. The lowest BCUT2D eigenvalue weighted by atomic mass is 9.71. The van der Waals surface area contributed by atoms with E-state index in [2.05, 4.69) is 59.5 Å². The Morgan fingerprint density at radius 2 is 1.71 bits per heavy atom. The zero-order chi connectivity index (χ0) is 19.6. The number of hydrogen-bond acceptors (Lipinski definition) is 3. The SMILES string of the molecule is COC1CN(C)C(=O)C2(CCN(Cc3ccccc3-c3ccccc3)CC2)C1. The fourth-order valence-electron chi connectivity index (χ4n) is 4.89. The average Bonchev–Trinajstić information content (AvgIpc) is 2.74. The number of carbonyl (C=O) groups excluding carboxylic acids is 1. The maximum Gasteiger partial charge on any atom is 0.228 e. The first-order valence-electron chi connectivity index (χ1n) is 10.3. The molecule has 2 aromatic carbocycles. The van der Waals surface area contributed by atoms with Crippen LogP contribution in [0.2, 0.25) is 0 Å².